The molecule has 21 heavy (non-hydrogen) atoms. The highest BCUT2D eigenvalue weighted by Gasteiger charge is 2.03. The number of carbonyl (C=O) groups is 1. The van der Waals surface area contributed by atoms with Crippen LogP contribution in [0.5, 0.6) is 11.5 Å². The standard InChI is InChI=1S/C17H18O4/c1-2-13-5-3-7-15(11-13)20-9-10-21-16-8-4-6-14(12-16)17(18)19/h3-8,11-12H,2,9-10H2,1H3,(H,18,19). The lowest BCUT2D eigenvalue weighted by molar-refractivity contribution is 0.0696. The van der Waals surface area contributed by atoms with E-state index in [0.717, 1.165) is 12.2 Å². The molecule has 4 heteroatoms. The van der Waals surface area contributed by atoms with E-state index < -0.39 is 5.97 Å². The van der Waals surface area contributed by atoms with Crippen LogP contribution in [0.3, 0.4) is 0 Å². The highest BCUT2D eigenvalue weighted by atomic mass is 16.5. The lowest BCUT2D eigenvalue weighted by Crippen LogP contribution is -2.09. The minimum atomic E-state index is -0.965. The molecule has 0 atom stereocenters. The van der Waals surface area contributed by atoms with Crippen molar-refractivity contribution < 1.29 is 19.4 Å². The summed E-state index contributed by atoms with van der Waals surface area (Å²) in [5, 5.41) is 8.90. The molecule has 110 valence electrons. The largest absolute Gasteiger partial charge is 0.490 e. The zero-order chi connectivity index (χ0) is 15.1. The van der Waals surface area contributed by atoms with E-state index in [1.165, 1.54) is 17.7 Å². The van der Waals surface area contributed by atoms with Gasteiger partial charge in [0.15, 0.2) is 0 Å². The number of benzene rings is 2. The molecule has 0 aliphatic carbocycles. The van der Waals surface area contributed by atoms with Crippen LogP contribution in [0.15, 0.2) is 48.5 Å². The number of carboxylic acid groups (broad SMARTS) is 1. The van der Waals surface area contributed by atoms with E-state index in [1.807, 2.05) is 18.2 Å². The lowest BCUT2D eigenvalue weighted by Gasteiger charge is -2.09. The van der Waals surface area contributed by atoms with E-state index in [1.54, 1.807) is 12.1 Å². The molecule has 2 aromatic rings. The Hall–Kier alpha value is -2.49. The van der Waals surface area contributed by atoms with Gasteiger partial charge in [0.05, 0.1) is 5.56 Å². The molecule has 4 nitrogen and oxygen atoms in total. The number of carboxylic acids is 1. The van der Waals surface area contributed by atoms with Gasteiger partial charge in [-0.15, -0.1) is 0 Å². The number of aromatic carboxylic acids is 1. The molecule has 1 N–H and O–H groups in total. The summed E-state index contributed by atoms with van der Waals surface area (Å²) in [6, 6.07) is 14.3. The highest BCUT2D eigenvalue weighted by molar-refractivity contribution is 5.87. The Balaban J connectivity index is 1.81. The molecule has 2 aromatic carbocycles. The fourth-order valence-corrected chi connectivity index (χ4v) is 1.89. The summed E-state index contributed by atoms with van der Waals surface area (Å²) < 4.78 is 11.1. The van der Waals surface area contributed by atoms with Crippen molar-refractivity contribution in [3.8, 4) is 11.5 Å². The Labute approximate surface area is 123 Å². The molecule has 0 amide bonds. The summed E-state index contributed by atoms with van der Waals surface area (Å²) in [6.07, 6.45) is 0.968. The lowest BCUT2D eigenvalue weighted by atomic mass is 10.2. The summed E-state index contributed by atoms with van der Waals surface area (Å²) in [5.74, 6) is 0.381. The van der Waals surface area contributed by atoms with Crippen LogP contribution in [0.4, 0.5) is 0 Å². The van der Waals surface area contributed by atoms with Gasteiger partial charge in [-0.1, -0.05) is 25.1 Å². The van der Waals surface area contributed by atoms with Gasteiger partial charge in [0.1, 0.15) is 24.7 Å². The molecule has 0 saturated heterocycles. The van der Waals surface area contributed by atoms with Crippen molar-refractivity contribution in [2.24, 2.45) is 0 Å². The molecule has 0 fully saturated rings. The van der Waals surface area contributed by atoms with Crippen LogP contribution in [0.1, 0.15) is 22.8 Å². The topological polar surface area (TPSA) is 55.8 Å². The number of hydrogen-bond acceptors (Lipinski definition) is 3. The van der Waals surface area contributed by atoms with Crippen LogP contribution in [-0.2, 0) is 6.42 Å². The molecule has 0 aliphatic rings. The summed E-state index contributed by atoms with van der Waals surface area (Å²) in [7, 11) is 0. The zero-order valence-electron chi connectivity index (χ0n) is 11.9. The van der Waals surface area contributed by atoms with E-state index in [4.69, 9.17) is 14.6 Å². The Bertz CT molecular complexity index is 607. The molecule has 2 rings (SSSR count). The van der Waals surface area contributed by atoms with E-state index >= 15 is 0 Å². The van der Waals surface area contributed by atoms with E-state index in [0.29, 0.717) is 19.0 Å². The third-order valence-corrected chi connectivity index (χ3v) is 3.01. The maximum atomic E-state index is 10.8. The molecule has 0 saturated carbocycles. The number of aryl methyl sites for hydroxylation is 1. The first-order valence-corrected chi connectivity index (χ1v) is 6.87. The van der Waals surface area contributed by atoms with Gasteiger partial charge in [-0.25, -0.2) is 4.79 Å². The normalized spacial score (nSPS) is 10.1. The minimum Gasteiger partial charge on any atom is -0.490 e. The summed E-state index contributed by atoms with van der Waals surface area (Å²) in [5.41, 5.74) is 1.44. The van der Waals surface area contributed by atoms with Gasteiger partial charge < -0.3 is 14.6 Å². The van der Waals surface area contributed by atoms with Crippen LogP contribution in [-0.4, -0.2) is 24.3 Å². The molecular weight excluding hydrogens is 268 g/mol. The van der Waals surface area contributed by atoms with Crippen molar-refractivity contribution in [3.63, 3.8) is 0 Å². The van der Waals surface area contributed by atoms with Crippen molar-refractivity contribution in [2.45, 2.75) is 13.3 Å². The number of rotatable bonds is 7. The first-order valence-electron chi connectivity index (χ1n) is 6.87. The predicted octanol–water partition coefficient (Wildman–Crippen LogP) is 3.41. The van der Waals surface area contributed by atoms with Crippen LogP contribution < -0.4 is 9.47 Å². The van der Waals surface area contributed by atoms with Gasteiger partial charge in [0.25, 0.3) is 0 Å². The highest BCUT2D eigenvalue weighted by Crippen LogP contribution is 2.15. The van der Waals surface area contributed by atoms with E-state index in [2.05, 4.69) is 13.0 Å². The SMILES string of the molecule is CCc1cccc(OCCOc2cccc(C(=O)O)c2)c1. The third-order valence-electron chi connectivity index (χ3n) is 3.01. The summed E-state index contributed by atoms with van der Waals surface area (Å²) in [4.78, 5) is 10.8. The quantitative estimate of drug-likeness (QED) is 0.792. The van der Waals surface area contributed by atoms with Gasteiger partial charge >= 0.3 is 5.97 Å². The van der Waals surface area contributed by atoms with Crippen molar-refractivity contribution >= 4 is 5.97 Å². The minimum absolute atomic E-state index is 0.212. The monoisotopic (exact) mass is 286 g/mol. The first-order chi connectivity index (χ1) is 10.2. The average Bonchev–Trinajstić information content (AvgIpc) is 2.52. The second kappa shape index (κ2) is 7.33. The van der Waals surface area contributed by atoms with E-state index in [9.17, 15) is 4.79 Å². The van der Waals surface area contributed by atoms with Gasteiger partial charge in [-0.3, -0.25) is 0 Å². The maximum absolute atomic E-state index is 10.8. The van der Waals surface area contributed by atoms with Crippen LogP contribution in [0.2, 0.25) is 0 Å². The Morgan fingerprint density at radius 1 is 1.00 bits per heavy atom. The fourth-order valence-electron chi connectivity index (χ4n) is 1.89. The second-order valence-electron chi connectivity index (χ2n) is 4.53. The average molecular weight is 286 g/mol. The second-order valence-corrected chi connectivity index (χ2v) is 4.53. The fraction of sp³-hybridized carbons (Fsp3) is 0.235. The van der Waals surface area contributed by atoms with Crippen molar-refractivity contribution in [3.05, 3.63) is 59.7 Å². The van der Waals surface area contributed by atoms with Crippen LogP contribution in [0, 0.1) is 0 Å². The van der Waals surface area contributed by atoms with Crippen molar-refractivity contribution in [1.82, 2.24) is 0 Å². The van der Waals surface area contributed by atoms with Crippen LogP contribution in [0.25, 0.3) is 0 Å². The summed E-state index contributed by atoms with van der Waals surface area (Å²) >= 11 is 0. The maximum Gasteiger partial charge on any atom is 0.335 e. The van der Waals surface area contributed by atoms with E-state index in [-0.39, 0.29) is 5.56 Å². The van der Waals surface area contributed by atoms with Gasteiger partial charge in [-0.2, -0.15) is 0 Å². The number of hydrogen-bond donors (Lipinski definition) is 1. The number of ether oxygens (including phenoxy) is 2. The van der Waals surface area contributed by atoms with Crippen molar-refractivity contribution in [1.29, 1.82) is 0 Å². The third kappa shape index (κ3) is 4.53. The Morgan fingerprint density at radius 2 is 1.62 bits per heavy atom. The molecule has 0 unspecified atom stereocenters. The molecule has 0 radical (unpaired) electrons. The van der Waals surface area contributed by atoms with Gasteiger partial charge in [0.2, 0.25) is 0 Å². The van der Waals surface area contributed by atoms with Crippen LogP contribution >= 0.6 is 0 Å². The summed E-state index contributed by atoms with van der Waals surface area (Å²) in [6.45, 7) is 2.86. The molecular formula is C17H18O4. The van der Waals surface area contributed by atoms with Crippen molar-refractivity contribution in [2.75, 3.05) is 13.2 Å². The molecule has 0 bridgehead atoms. The smallest absolute Gasteiger partial charge is 0.335 e. The Kier molecular flexibility index (Phi) is 5.21. The molecule has 0 heterocycles. The predicted molar refractivity (Wildman–Crippen MR) is 80.2 cm³/mol. The molecule has 0 aliphatic heterocycles. The first kappa shape index (κ1) is 14.9. The molecule has 0 spiro atoms. The van der Waals surface area contributed by atoms with Gasteiger partial charge in [-0.05, 0) is 42.3 Å². The van der Waals surface area contributed by atoms with Gasteiger partial charge in [0, 0.05) is 0 Å². The zero-order valence-corrected chi connectivity index (χ0v) is 11.9. The molecule has 0 aromatic heterocycles. The Morgan fingerprint density at radius 3 is 2.24 bits per heavy atom.